The van der Waals surface area contributed by atoms with Gasteiger partial charge in [-0.2, -0.15) is 5.10 Å². The van der Waals surface area contributed by atoms with Crippen LogP contribution in [0.4, 0.5) is 5.95 Å². The molecule has 6 nitrogen and oxygen atoms in total. The first-order valence-electron chi connectivity index (χ1n) is 8.05. The largest absolute Gasteiger partial charge is 0.392 e. The van der Waals surface area contributed by atoms with E-state index >= 15 is 0 Å². The number of aliphatic hydroxyl groups excluding tert-OH is 1. The molecular formula is C15H27N5O. The smallest absolute Gasteiger partial charge is 0.245 e. The molecule has 0 radical (unpaired) electrons. The van der Waals surface area contributed by atoms with Crippen molar-refractivity contribution in [1.82, 2.24) is 20.1 Å². The van der Waals surface area contributed by atoms with Gasteiger partial charge < -0.3 is 10.0 Å². The lowest BCUT2D eigenvalue weighted by molar-refractivity contribution is 0.106. The van der Waals surface area contributed by atoms with E-state index in [0.29, 0.717) is 0 Å². The Morgan fingerprint density at radius 2 is 1.67 bits per heavy atom. The number of aryl methyl sites for hydroxylation is 2. The zero-order valence-electron chi connectivity index (χ0n) is 13.4. The molecule has 1 N–H and O–H groups in total. The van der Waals surface area contributed by atoms with Crippen molar-refractivity contribution in [2.24, 2.45) is 0 Å². The molecule has 2 rings (SSSR count). The second-order valence-electron chi connectivity index (χ2n) is 5.56. The van der Waals surface area contributed by atoms with Gasteiger partial charge in [-0.15, -0.1) is 5.10 Å². The Morgan fingerprint density at radius 3 is 2.24 bits per heavy atom. The van der Waals surface area contributed by atoms with Crippen molar-refractivity contribution in [3.63, 3.8) is 0 Å². The second kappa shape index (κ2) is 7.66. The lowest BCUT2D eigenvalue weighted by Crippen LogP contribution is -2.49. The van der Waals surface area contributed by atoms with Crippen LogP contribution in [0.5, 0.6) is 0 Å². The molecule has 1 aliphatic heterocycles. The zero-order chi connectivity index (χ0) is 15.2. The van der Waals surface area contributed by atoms with Crippen LogP contribution in [-0.2, 0) is 12.8 Å². The Balaban J connectivity index is 1.96. The van der Waals surface area contributed by atoms with Crippen LogP contribution < -0.4 is 4.90 Å². The van der Waals surface area contributed by atoms with Crippen molar-refractivity contribution in [2.45, 2.75) is 46.1 Å². The normalized spacial score (nSPS) is 18.0. The Labute approximate surface area is 127 Å². The molecule has 21 heavy (non-hydrogen) atoms. The average Bonchev–Trinajstić information content (AvgIpc) is 2.54. The first-order valence-corrected chi connectivity index (χ1v) is 8.05. The fraction of sp³-hybridized carbons (Fsp3) is 0.800. The summed E-state index contributed by atoms with van der Waals surface area (Å²) < 4.78 is 0. The van der Waals surface area contributed by atoms with Crippen molar-refractivity contribution >= 4 is 5.95 Å². The highest BCUT2D eigenvalue weighted by Gasteiger charge is 2.21. The maximum absolute atomic E-state index is 9.73. The minimum absolute atomic E-state index is 0.218. The van der Waals surface area contributed by atoms with Crippen molar-refractivity contribution in [3.05, 3.63) is 11.4 Å². The highest BCUT2D eigenvalue weighted by atomic mass is 16.3. The quantitative estimate of drug-likeness (QED) is 0.840. The third-order valence-corrected chi connectivity index (χ3v) is 4.09. The minimum atomic E-state index is -0.218. The summed E-state index contributed by atoms with van der Waals surface area (Å²) in [6.07, 6.45) is 2.37. The van der Waals surface area contributed by atoms with Gasteiger partial charge in [0.15, 0.2) is 0 Å². The van der Waals surface area contributed by atoms with Crippen molar-refractivity contribution in [1.29, 1.82) is 0 Å². The summed E-state index contributed by atoms with van der Waals surface area (Å²) in [7, 11) is 0. The van der Waals surface area contributed by atoms with Crippen molar-refractivity contribution < 1.29 is 5.11 Å². The number of aromatic nitrogens is 3. The summed E-state index contributed by atoms with van der Waals surface area (Å²) in [6, 6.07) is 0. The van der Waals surface area contributed by atoms with Crippen LogP contribution in [0.3, 0.4) is 0 Å². The van der Waals surface area contributed by atoms with E-state index in [4.69, 9.17) is 0 Å². The molecule has 0 saturated carbocycles. The molecule has 6 heteroatoms. The highest BCUT2D eigenvalue weighted by Crippen LogP contribution is 2.13. The van der Waals surface area contributed by atoms with Crippen molar-refractivity contribution in [2.75, 3.05) is 37.6 Å². The number of aliphatic hydroxyl groups is 1. The van der Waals surface area contributed by atoms with Gasteiger partial charge >= 0.3 is 0 Å². The summed E-state index contributed by atoms with van der Waals surface area (Å²) in [5, 5.41) is 18.3. The Bertz CT molecular complexity index is 446. The van der Waals surface area contributed by atoms with Gasteiger partial charge in [0.2, 0.25) is 5.95 Å². The van der Waals surface area contributed by atoms with Gasteiger partial charge in [0.1, 0.15) is 0 Å². The molecule has 0 aliphatic carbocycles. The van der Waals surface area contributed by atoms with Crippen LogP contribution in [0.15, 0.2) is 0 Å². The van der Waals surface area contributed by atoms with Crippen LogP contribution >= 0.6 is 0 Å². The van der Waals surface area contributed by atoms with Crippen LogP contribution in [0, 0.1) is 0 Å². The van der Waals surface area contributed by atoms with Gasteiger partial charge in [-0.25, -0.2) is 4.98 Å². The third-order valence-electron chi connectivity index (χ3n) is 4.09. The third kappa shape index (κ3) is 4.11. The first kappa shape index (κ1) is 16.1. The lowest BCUT2D eigenvalue weighted by atomic mass is 10.2. The molecule has 1 fully saturated rings. The van der Waals surface area contributed by atoms with E-state index in [2.05, 4.69) is 38.8 Å². The van der Waals surface area contributed by atoms with Gasteiger partial charge in [0.25, 0.3) is 0 Å². The molecule has 0 amide bonds. The van der Waals surface area contributed by atoms with E-state index in [-0.39, 0.29) is 6.10 Å². The molecule has 118 valence electrons. The van der Waals surface area contributed by atoms with E-state index in [9.17, 15) is 5.11 Å². The van der Waals surface area contributed by atoms with E-state index < -0.39 is 0 Å². The lowest BCUT2D eigenvalue weighted by Gasteiger charge is -2.35. The van der Waals surface area contributed by atoms with Gasteiger partial charge in [-0.1, -0.05) is 20.8 Å². The van der Waals surface area contributed by atoms with E-state index in [1.807, 2.05) is 6.92 Å². The monoisotopic (exact) mass is 293 g/mol. The summed E-state index contributed by atoms with van der Waals surface area (Å²) >= 11 is 0. The van der Waals surface area contributed by atoms with E-state index in [1.54, 1.807) is 0 Å². The number of hydrogen-bond donors (Lipinski definition) is 1. The molecule has 1 atom stereocenters. The molecule has 1 aromatic heterocycles. The molecule has 0 aromatic carbocycles. The topological polar surface area (TPSA) is 65.4 Å². The number of β-amino-alcohol motifs (C(OH)–C–C–N with tert-alkyl or cyclic N) is 1. The maximum atomic E-state index is 9.73. The number of rotatable bonds is 6. The molecule has 1 unspecified atom stereocenters. The number of hydrogen-bond acceptors (Lipinski definition) is 6. The SMILES string of the molecule is CCc1nnc(N2CCN(CC(O)CC)CC2)nc1CC. The average molecular weight is 293 g/mol. The summed E-state index contributed by atoms with van der Waals surface area (Å²) in [4.78, 5) is 9.17. The summed E-state index contributed by atoms with van der Waals surface area (Å²) in [5.74, 6) is 0.750. The van der Waals surface area contributed by atoms with Crippen LogP contribution in [0.25, 0.3) is 0 Å². The standard InChI is InChI=1S/C15H27N5O/c1-4-12(21)11-19-7-9-20(10-8-19)15-16-13(5-2)14(6-3)17-18-15/h12,21H,4-11H2,1-3H3. The number of nitrogens with zero attached hydrogens (tertiary/aromatic N) is 5. The molecule has 1 aromatic rings. The predicted molar refractivity (Wildman–Crippen MR) is 83.5 cm³/mol. The summed E-state index contributed by atoms with van der Waals surface area (Å²) in [6.45, 7) is 10.6. The predicted octanol–water partition coefficient (Wildman–Crippen LogP) is 0.889. The van der Waals surface area contributed by atoms with Crippen LogP contribution in [0.2, 0.25) is 0 Å². The molecular weight excluding hydrogens is 266 g/mol. The number of anilines is 1. The van der Waals surface area contributed by atoms with Gasteiger partial charge in [0.05, 0.1) is 17.5 Å². The van der Waals surface area contributed by atoms with Gasteiger partial charge in [0, 0.05) is 32.7 Å². The Morgan fingerprint density at radius 1 is 1.00 bits per heavy atom. The minimum Gasteiger partial charge on any atom is -0.392 e. The Hall–Kier alpha value is -1.27. The van der Waals surface area contributed by atoms with Crippen LogP contribution in [-0.4, -0.2) is 64.0 Å². The number of piperazine rings is 1. The molecule has 0 spiro atoms. The van der Waals surface area contributed by atoms with Crippen molar-refractivity contribution in [3.8, 4) is 0 Å². The summed E-state index contributed by atoms with van der Waals surface area (Å²) in [5.41, 5.74) is 2.07. The fourth-order valence-corrected chi connectivity index (χ4v) is 2.62. The van der Waals surface area contributed by atoms with E-state index in [0.717, 1.165) is 69.3 Å². The van der Waals surface area contributed by atoms with Gasteiger partial charge in [-0.3, -0.25) is 4.90 Å². The molecule has 0 bridgehead atoms. The van der Waals surface area contributed by atoms with Crippen LogP contribution in [0.1, 0.15) is 38.6 Å². The Kier molecular flexibility index (Phi) is 5.87. The zero-order valence-corrected chi connectivity index (χ0v) is 13.4. The first-order chi connectivity index (χ1) is 10.2. The maximum Gasteiger partial charge on any atom is 0.245 e. The van der Waals surface area contributed by atoms with E-state index in [1.165, 1.54) is 0 Å². The fourth-order valence-electron chi connectivity index (χ4n) is 2.62. The highest BCUT2D eigenvalue weighted by molar-refractivity contribution is 5.31. The van der Waals surface area contributed by atoms with Gasteiger partial charge in [-0.05, 0) is 19.3 Å². The second-order valence-corrected chi connectivity index (χ2v) is 5.56. The molecule has 2 heterocycles. The molecule has 1 aliphatic rings. The molecule has 1 saturated heterocycles.